The highest BCUT2D eigenvalue weighted by atomic mass is 19.1. The van der Waals surface area contributed by atoms with Gasteiger partial charge in [0.1, 0.15) is 5.82 Å². The zero-order valence-electron chi connectivity index (χ0n) is 10.9. The first-order valence-electron chi connectivity index (χ1n) is 6.51. The van der Waals surface area contributed by atoms with Crippen molar-refractivity contribution in [2.45, 2.75) is 38.8 Å². The van der Waals surface area contributed by atoms with Gasteiger partial charge in [-0.1, -0.05) is 24.6 Å². The lowest BCUT2D eigenvalue weighted by Crippen LogP contribution is -2.37. The molecule has 0 radical (unpaired) electrons. The van der Waals surface area contributed by atoms with Crippen molar-refractivity contribution in [3.63, 3.8) is 0 Å². The van der Waals surface area contributed by atoms with Crippen molar-refractivity contribution in [2.24, 2.45) is 11.8 Å². The van der Waals surface area contributed by atoms with Gasteiger partial charge in [0.2, 0.25) is 0 Å². The second kappa shape index (κ2) is 5.78. The van der Waals surface area contributed by atoms with Gasteiger partial charge in [0.25, 0.3) is 0 Å². The topological polar surface area (TPSA) is 47.3 Å². The molecular formula is C14H21FN2O. The van der Waals surface area contributed by atoms with E-state index in [0.29, 0.717) is 5.56 Å². The van der Waals surface area contributed by atoms with E-state index in [0.717, 1.165) is 25.0 Å². The molecule has 18 heavy (non-hydrogen) atoms. The Hall–Kier alpha value is -0.970. The fourth-order valence-corrected chi connectivity index (χ4v) is 2.81. The third kappa shape index (κ3) is 2.55. The van der Waals surface area contributed by atoms with Crippen molar-refractivity contribution >= 4 is 0 Å². The molecule has 3 nitrogen and oxygen atoms in total. The van der Waals surface area contributed by atoms with Crippen molar-refractivity contribution in [3.05, 3.63) is 35.1 Å². The van der Waals surface area contributed by atoms with Gasteiger partial charge in [0.15, 0.2) is 0 Å². The highest BCUT2D eigenvalue weighted by Crippen LogP contribution is 2.35. The van der Waals surface area contributed by atoms with Crippen LogP contribution in [-0.4, -0.2) is 12.7 Å². The van der Waals surface area contributed by atoms with Crippen molar-refractivity contribution in [1.29, 1.82) is 0 Å². The molecule has 1 aromatic rings. The predicted molar refractivity (Wildman–Crippen MR) is 69.3 cm³/mol. The van der Waals surface area contributed by atoms with Crippen molar-refractivity contribution in [2.75, 3.05) is 6.61 Å². The molecule has 1 fully saturated rings. The molecule has 0 bridgehead atoms. The number of hydrogen-bond donors (Lipinski definition) is 2. The van der Waals surface area contributed by atoms with Crippen molar-refractivity contribution in [3.8, 4) is 0 Å². The highest BCUT2D eigenvalue weighted by molar-refractivity contribution is 5.27. The molecular weight excluding hydrogens is 231 g/mol. The molecule has 0 saturated carbocycles. The van der Waals surface area contributed by atoms with Gasteiger partial charge in [0, 0.05) is 18.1 Å². The van der Waals surface area contributed by atoms with E-state index >= 15 is 0 Å². The Bertz CT molecular complexity index is 411. The number of rotatable bonds is 4. The van der Waals surface area contributed by atoms with Crippen LogP contribution in [0.2, 0.25) is 0 Å². The van der Waals surface area contributed by atoms with Crippen LogP contribution in [0, 0.1) is 18.7 Å². The zero-order chi connectivity index (χ0) is 13.1. The van der Waals surface area contributed by atoms with Crippen LogP contribution in [0.15, 0.2) is 18.2 Å². The first-order chi connectivity index (χ1) is 8.67. The number of nitrogens with two attached hydrogens (primary N) is 1. The quantitative estimate of drug-likeness (QED) is 0.639. The van der Waals surface area contributed by atoms with Gasteiger partial charge in [-0.2, -0.15) is 0 Å². The normalized spacial score (nSPS) is 25.3. The smallest absolute Gasteiger partial charge is 0.128 e. The van der Waals surface area contributed by atoms with Crippen LogP contribution < -0.4 is 11.3 Å². The Morgan fingerprint density at radius 1 is 1.56 bits per heavy atom. The lowest BCUT2D eigenvalue weighted by Gasteiger charge is -2.27. The summed E-state index contributed by atoms with van der Waals surface area (Å²) >= 11 is 0. The zero-order valence-corrected chi connectivity index (χ0v) is 10.9. The Morgan fingerprint density at radius 2 is 2.33 bits per heavy atom. The van der Waals surface area contributed by atoms with E-state index < -0.39 is 0 Å². The molecule has 100 valence electrons. The number of benzene rings is 1. The summed E-state index contributed by atoms with van der Waals surface area (Å²) in [5.41, 5.74) is 4.46. The largest absolute Gasteiger partial charge is 0.378 e. The number of halogens is 1. The molecule has 1 aromatic carbocycles. The van der Waals surface area contributed by atoms with E-state index in [-0.39, 0.29) is 23.9 Å². The van der Waals surface area contributed by atoms with Gasteiger partial charge in [0.05, 0.1) is 12.1 Å². The predicted octanol–water partition coefficient (Wildman–Crippen LogP) is 2.45. The lowest BCUT2D eigenvalue weighted by atomic mass is 9.86. The average molecular weight is 252 g/mol. The van der Waals surface area contributed by atoms with Crippen LogP contribution in [0.25, 0.3) is 0 Å². The second-order valence-corrected chi connectivity index (χ2v) is 4.94. The Kier molecular flexibility index (Phi) is 4.32. The maximum Gasteiger partial charge on any atom is 0.128 e. The summed E-state index contributed by atoms with van der Waals surface area (Å²) in [4.78, 5) is 0. The molecule has 0 spiro atoms. The molecule has 1 aliphatic rings. The minimum atomic E-state index is -0.203. The van der Waals surface area contributed by atoms with Crippen LogP contribution >= 0.6 is 0 Å². The Morgan fingerprint density at radius 3 is 3.00 bits per heavy atom. The SMILES string of the molecule is CCC1OCCC1C(NN)c1cc(C)ccc1F. The molecule has 3 atom stereocenters. The fraction of sp³-hybridized carbons (Fsp3) is 0.571. The standard InChI is InChI=1S/C14H21FN2O/c1-3-13-10(6-7-18-13)14(17-16)11-8-9(2)4-5-12(11)15/h4-5,8,10,13-14,17H,3,6-7,16H2,1-2H3. The van der Waals surface area contributed by atoms with Crippen LogP contribution in [-0.2, 0) is 4.74 Å². The summed E-state index contributed by atoms with van der Waals surface area (Å²) in [7, 11) is 0. The van der Waals surface area contributed by atoms with E-state index in [4.69, 9.17) is 10.6 Å². The molecule has 4 heteroatoms. The molecule has 1 saturated heterocycles. The van der Waals surface area contributed by atoms with Crippen LogP contribution in [0.1, 0.15) is 36.9 Å². The fourth-order valence-electron chi connectivity index (χ4n) is 2.81. The van der Waals surface area contributed by atoms with Gasteiger partial charge in [-0.25, -0.2) is 4.39 Å². The third-order valence-electron chi connectivity index (χ3n) is 3.76. The summed E-state index contributed by atoms with van der Waals surface area (Å²) in [5, 5.41) is 0. The molecule has 1 aliphatic heterocycles. The lowest BCUT2D eigenvalue weighted by molar-refractivity contribution is 0.0770. The summed E-state index contributed by atoms with van der Waals surface area (Å²) in [6.45, 7) is 4.77. The van der Waals surface area contributed by atoms with Gasteiger partial charge in [-0.15, -0.1) is 0 Å². The van der Waals surface area contributed by atoms with Gasteiger partial charge in [-0.05, 0) is 25.8 Å². The average Bonchev–Trinajstić information content (AvgIpc) is 2.83. The van der Waals surface area contributed by atoms with Crippen molar-refractivity contribution < 1.29 is 9.13 Å². The first-order valence-corrected chi connectivity index (χ1v) is 6.51. The number of aryl methyl sites for hydroxylation is 1. The van der Waals surface area contributed by atoms with E-state index in [2.05, 4.69) is 12.3 Å². The van der Waals surface area contributed by atoms with Gasteiger partial charge >= 0.3 is 0 Å². The maximum absolute atomic E-state index is 14.0. The summed E-state index contributed by atoms with van der Waals surface area (Å²) in [5.74, 6) is 5.68. The summed E-state index contributed by atoms with van der Waals surface area (Å²) < 4.78 is 19.6. The Balaban J connectivity index is 2.30. The van der Waals surface area contributed by atoms with E-state index in [1.807, 2.05) is 13.0 Å². The second-order valence-electron chi connectivity index (χ2n) is 4.94. The minimum Gasteiger partial charge on any atom is -0.378 e. The number of hydrazine groups is 1. The molecule has 0 aromatic heterocycles. The molecule has 2 rings (SSSR count). The van der Waals surface area contributed by atoms with E-state index in [9.17, 15) is 4.39 Å². The molecule has 0 amide bonds. The molecule has 3 unspecified atom stereocenters. The number of nitrogens with one attached hydrogen (secondary N) is 1. The highest BCUT2D eigenvalue weighted by Gasteiger charge is 2.35. The van der Waals surface area contributed by atoms with Gasteiger partial charge < -0.3 is 4.74 Å². The third-order valence-corrected chi connectivity index (χ3v) is 3.76. The molecule has 0 aliphatic carbocycles. The molecule has 1 heterocycles. The number of hydrogen-bond acceptors (Lipinski definition) is 3. The minimum absolute atomic E-state index is 0.158. The van der Waals surface area contributed by atoms with Crippen LogP contribution in [0.5, 0.6) is 0 Å². The Labute approximate surface area is 107 Å². The molecule has 3 N–H and O–H groups in total. The van der Waals surface area contributed by atoms with Crippen LogP contribution in [0.4, 0.5) is 4.39 Å². The van der Waals surface area contributed by atoms with Gasteiger partial charge in [-0.3, -0.25) is 11.3 Å². The number of ether oxygens (including phenoxy) is 1. The summed E-state index contributed by atoms with van der Waals surface area (Å²) in [6, 6.07) is 4.96. The first kappa shape index (κ1) is 13.5. The monoisotopic (exact) mass is 252 g/mol. The van der Waals surface area contributed by atoms with Crippen molar-refractivity contribution in [1.82, 2.24) is 5.43 Å². The summed E-state index contributed by atoms with van der Waals surface area (Å²) in [6.07, 6.45) is 2.00. The van der Waals surface area contributed by atoms with E-state index in [1.165, 1.54) is 6.07 Å². The maximum atomic E-state index is 14.0. The van der Waals surface area contributed by atoms with Crippen LogP contribution in [0.3, 0.4) is 0 Å². The van der Waals surface area contributed by atoms with E-state index in [1.54, 1.807) is 6.07 Å².